The molecule has 0 aliphatic heterocycles. The van der Waals surface area contributed by atoms with Crippen LogP contribution < -0.4 is 19.5 Å². The van der Waals surface area contributed by atoms with Crippen molar-refractivity contribution in [3.05, 3.63) is 96.6 Å². The molecule has 0 radical (unpaired) electrons. The van der Waals surface area contributed by atoms with Gasteiger partial charge >= 0.3 is 0 Å². The number of hydrogen-bond acceptors (Lipinski definition) is 5. The number of benzene rings is 4. The molecule has 1 amide bonds. The minimum atomic E-state index is -4.06. The molecule has 0 unspecified atom stereocenters. The third-order valence-electron chi connectivity index (χ3n) is 5.61. The average Bonchev–Trinajstić information content (AvgIpc) is 2.88. The summed E-state index contributed by atoms with van der Waals surface area (Å²) in [7, 11) is -1.17. The molecule has 1 atom stereocenters. The van der Waals surface area contributed by atoms with Crippen molar-refractivity contribution < 1.29 is 22.7 Å². The Bertz CT molecular complexity index is 1430. The number of methoxy groups -OCH3 is 2. The second-order valence-corrected chi connectivity index (χ2v) is 9.61. The summed E-state index contributed by atoms with van der Waals surface area (Å²) in [6, 6.07) is 25.7. The lowest BCUT2D eigenvalue weighted by atomic mass is 10.1. The molecule has 8 heteroatoms. The van der Waals surface area contributed by atoms with Gasteiger partial charge in [0.05, 0.1) is 19.1 Å². The van der Waals surface area contributed by atoms with Gasteiger partial charge in [-0.2, -0.15) is 4.72 Å². The maximum Gasteiger partial charge on any atom is 0.242 e. The molecular weight excluding hydrogens is 464 g/mol. The van der Waals surface area contributed by atoms with Gasteiger partial charge < -0.3 is 14.8 Å². The normalized spacial score (nSPS) is 12.2. The van der Waals surface area contributed by atoms with Crippen LogP contribution in [-0.2, 0) is 21.2 Å². The summed E-state index contributed by atoms with van der Waals surface area (Å²) in [5.41, 5.74) is 1.43. The molecule has 180 valence electrons. The number of amides is 1. The highest BCUT2D eigenvalue weighted by Crippen LogP contribution is 2.29. The van der Waals surface area contributed by atoms with Gasteiger partial charge in [-0.1, -0.05) is 66.7 Å². The van der Waals surface area contributed by atoms with Crippen molar-refractivity contribution in [1.82, 2.24) is 4.72 Å². The van der Waals surface area contributed by atoms with E-state index in [0.29, 0.717) is 11.4 Å². The van der Waals surface area contributed by atoms with Crippen molar-refractivity contribution in [2.24, 2.45) is 0 Å². The van der Waals surface area contributed by atoms with E-state index in [1.165, 1.54) is 32.4 Å². The SMILES string of the molecule is COc1ccc(S(=O)(=O)N[C@@H](Cc2ccccc2)C(=O)Nc2cccc3ccccc23)cc1OC. The fourth-order valence-electron chi connectivity index (χ4n) is 3.83. The van der Waals surface area contributed by atoms with Crippen LogP contribution in [0.2, 0.25) is 0 Å². The average molecular weight is 491 g/mol. The van der Waals surface area contributed by atoms with Crippen molar-refractivity contribution in [2.75, 3.05) is 19.5 Å². The van der Waals surface area contributed by atoms with Gasteiger partial charge in [0.25, 0.3) is 0 Å². The molecule has 4 rings (SSSR count). The lowest BCUT2D eigenvalue weighted by molar-refractivity contribution is -0.117. The molecule has 4 aromatic carbocycles. The smallest absolute Gasteiger partial charge is 0.242 e. The molecule has 0 aliphatic rings. The number of anilines is 1. The number of carbonyl (C=O) groups excluding carboxylic acids is 1. The van der Waals surface area contributed by atoms with Crippen LogP contribution in [0.4, 0.5) is 5.69 Å². The predicted molar refractivity (Wildman–Crippen MR) is 136 cm³/mol. The summed E-state index contributed by atoms with van der Waals surface area (Å²) >= 11 is 0. The molecule has 0 aromatic heterocycles. The van der Waals surface area contributed by atoms with Crippen molar-refractivity contribution >= 4 is 32.4 Å². The van der Waals surface area contributed by atoms with E-state index in [1.807, 2.05) is 66.7 Å². The van der Waals surface area contributed by atoms with Crippen LogP contribution in [0.25, 0.3) is 10.8 Å². The molecule has 4 aromatic rings. The second-order valence-electron chi connectivity index (χ2n) is 7.90. The Balaban J connectivity index is 1.65. The van der Waals surface area contributed by atoms with Crippen LogP contribution in [0.15, 0.2) is 95.9 Å². The molecule has 0 saturated carbocycles. The first-order chi connectivity index (χ1) is 16.9. The molecule has 35 heavy (non-hydrogen) atoms. The number of hydrogen-bond donors (Lipinski definition) is 2. The first-order valence-electron chi connectivity index (χ1n) is 11.0. The van der Waals surface area contributed by atoms with Crippen molar-refractivity contribution in [1.29, 1.82) is 0 Å². The summed E-state index contributed by atoms with van der Waals surface area (Å²) in [6.07, 6.45) is 0.171. The Morgan fingerprint density at radius 3 is 2.26 bits per heavy atom. The van der Waals surface area contributed by atoms with Crippen LogP contribution in [0.3, 0.4) is 0 Å². The zero-order valence-corrected chi connectivity index (χ0v) is 20.2. The molecule has 0 heterocycles. The number of carbonyl (C=O) groups is 1. The van der Waals surface area contributed by atoms with E-state index in [9.17, 15) is 13.2 Å². The Hall–Kier alpha value is -3.88. The van der Waals surface area contributed by atoms with Crippen molar-refractivity contribution in [3.8, 4) is 11.5 Å². The number of ether oxygens (including phenoxy) is 2. The Morgan fingerprint density at radius 2 is 1.51 bits per heavy atom. The fraction of sp³-hybridized carbons (Fsp3) is 0.148. The van der Waals surface area contributed by atoms with E-state index in [4.69, 9.17) is 9.47 Å². The monoisotopic (exact) mass is 490 g/mol. The van der Waals surface area contributed by atoms with Crippen LogP contribution in [0, 0.1) is 0 Å². The lowest BCUT2D eigenvalue weighted by Crippen LogP contribution is -2.45. The molecule has 2 N–H and O–H groups in total. The summed E-state index contributed by atoms with van der Waals surface area (Å²) in [6.45, 7) is 0. The van der Waals surface area contributed by atoms with Gasteiger partial charge in [0.15, 0.2) is 11.5 Å². The molecule has 7 nitrogen and oxygen atoms in total. The van der Waals surface area contributed by atoms with E-state index in [1.54, 1.807) is 6.07 Å². The minimum Gasteiger partial charge on any atom is -0.493 e. The highest BCUT2D eigenvalue weighted by atomic mass is 32.2. The largest absolute Gasteiger partial charge is 0.493 e. The molecule has 0 aliphatic carbocycles. The number of sulfonamides is 1. The Labute approximate surface area is 204 Å². The maximum absolute atomic E-state index is 13.4. The van der Waals surface area contributed by atoms with Gasteiger partial charge in [0, 0.05) is 17.1 Å². The summed E-state index contributed by atoms with van der Waals surface area (Å²) in [5.74, 6) is 0.213. The van der Waals surface area contributed by atoms with Crippen LogP contribution in [0.1, 0.15) is 5.56 Å². The fourth-order valence-corrected chi connectivity index (χ4v) is 5.04. The molecule has 0 spiro atoms. The predicted octanol–water partition coefficient (Wildman–Crippen LogP) is 4.39. The van der Waals surface area contributed by atoms with Crippen LogP contribution in [-0.4, -0.2) is 34.6 Å². The van der Waals surface area contributed by atoms with E-state index < -0.39 is 22.0 Å². The first-order valence-corrected chi connectivity index (χ1v) is 12.5. The Kier molecular flexibility index (Phi) is 7.33. The first kappa shape index (κ1) is 24.3. The van der Waals surface area contributed by atoms with Crippen molar-refractivity contribution in [2.45, 2.75) is 17.4 Å². The Morgan fingerprint density at radius 1 is 0.829 bits per heavy atom. The third kappa shape index (κ3) is 5.62. The number of nitrogens with one attached hydrogen (secondary N) is 2. The van der Waals surface area contributed by atoms with E-state index in [2.05, 4.69) is 10.0 Å². The van der Waals surface area contributed by atoms with Crippen LogP contribution in [0.5, 0.6) is 11.5 Å². The highest BCUT2D eigenvalue weighted by molar-refractivity contribution is 7.89. The summed E-state index contributed by atoms with van der Waals surface area (Å²) < 4.78 is 39.6. The molecule has 0 bridgehead atoms. The van der Waals surface area contributed by atoms with Gasteiger partial charge in [0.2, 0.25) is 15.9 Å². The highest BCUT2D eigenvalue weighted by Gasteiger charge is 2.27. The summed E-state index contributed by atoms with van der Waals surface area (Å²) in [4.78, 5) is 13.4. The van der Waals surface area contributed by atoms with Gasteiger partial charge in [-0.25, -0.2) is 8.42 Å². The van der Waals surface area contributed by atoms with Crippen LogP contribution >= 0.6 is 0 Å². The molecule has 0 fully saturated rings. The van der Waals surface area contributed by atoms with Gasteiger partial charge in [0.1, 0.15) is 6.04 Å². The molecular formula is C27H26N2O5S. The standard InChI is InChI=1S/C27H26N2O5S/c1-33-25-16-15-21(18-26(25)34-2)35(31,32)29-24(17-19-9-4-3-5-10-19)27(30)28-23-14-8-12-20-11-6-7-13-22(20)23/h3-16,18,24,29H,17H2,1-2H3,(H,28,30)/t24-/m0/s1. The van der Waals surface area contributed by atoms with Gasteiger partial charge in [-0.05, 0) is 35.6 Å². The topological polar surface area (TPSA) is 93.7 Å². The third-order valence-corrected chi connectivity index (χ3v) is 7.08. The van der Waals surface area contributed by atoms with Crippen molar-refractivity contribution in [3.63, 3.8) is 0 Å². The molecule has 0 saturated heterocycles. The van der Waals surface area contributed by atoms with E-state index >= 15 is 0 Å². The van der Waals surface area contributed by atoms with Gasteiger partial charge in [-0.3, -0.25) is 4.79 Å². The second kappa shape index (κ2) is 10.6. The minimum absolute atomic E-state index is 0.0360. The zero-order chi connectivity index (χ0) is 24.8. The summed E-state index contributed by atoms with van der Waals surface area (Å²) in [5, 5.41) is 4.74. The quantitative estimate of drug-likeness (QED) is 0.363. The number of fused-ring (bicyclic) bond motifs is 1. The maximum atomic E-state index is 13.4. The van der Waals surface area contributed by atoms with Gasteiger partial charge in [-0.15, -0.1) is 0 Å². The zero-order valence-electron chi connectivity index (χ0n) is 19.4. The lowest BCUT2D eigenvalue weighted by Gasteiger charge is -2.20. The van der Waals surface area contributed by atoms with E-state index in [-0.39, 0.29) is 17.1 Å². The number of rotatable bonds is 9. The van der Waals surface area contributed by atoms with E-state index in [0.717, 1.165) is 16.3 Å².